The van der Waals surface area contributed by atoms with E-state index in [1.807, 2.05) is 37.3 Å². The Bertz CT molecular complexity index is 457. The van der Waals surface area contributed by atoms with Crippen LogP contribution in [0.5, 0.6) is 0 Å². The Kier molecular flexibility index (Phi) is 3.66. The monoisotopic (exact) mass is 242 g/mol. The summed E-state index contributed by atoms with van der Waals surface area (Å²) in [6.07, 6.45) is 3.68. The van der Waals surface area contributed by atoms with Crippen LogP contribution in [0.3, 0.4) is 0 Å². The highest BCUT2D eigenvalue weighted by Crippen LogP contribution is 2.31. The molecule has 18 heavy (non-hydrogen) atoms. The van der Waals surface area contributed by atoms with Crippen LogP contribution in [0.25, 0.3) is 0 Å². The fraction of sp³-hybridized carbons (Fsp3) is 0.467. The lowest BCUT2D eigenvalue weighted by atomic mass is 9.78. The molecular formula is C15H18N2O. The van der Waals surface area contributed by atoms with Gasteiger partial charge < -0.3 is 5.32 Å². The van der Waals surface area contributed by atoms with Crippen LogP contribution in [0.4, 0.5) is 0 Å². The van der Waals surface area contributed by atoms with E-state index in [0.717, 1.165) is 24.8 Å². The summed E-state index contributed by atoms with van der Waals surface area (Å²) in [5.41, 5.74) is 0.945. The van der Waals surface area contributed by atoms with E-state index in [1.165, 1.54) is 0 Å². The second-order valence-corrected chi connectivity index (χ2v) is 5.27. The van der Waals surface area contributed by atoms with Crippen LogP contribution in [-0.4, -0.2) is 11.4 Å². The van der Waals surface area contributed by atoms with Crippen molar-refractivity contribution >= 4 is 5.91 Å². The highest BCUT2D eigenvalue weighted by atomic mass is 16.2. The summed E-state index contributed by atoms with van der Waals surface area (Å²) in [4.78, 5) is 12.1. The van der Waals surface area contributed by atoms with Gasteiger partial charge in [0.15, 0.2) is 0 Å². The SMILES string of the molecule is CC1(NC(=O)C(C#N)Cc2ccccc2)CCC1. The van der Waals surface area contributed by atoms with Crippen LogP contribution < -0.4 is 5.32 Å². The summed E-state index contributed by atoms with van der Waals surface area (Å²) in [6.45, 7) is 2.05. The van der Waals surface area contributed by atoms with Gasteiger partial charge in [-0.25, -0.2) is 0 Å². The van der Waals surface area contributed by atoms with Crippen molar-refractivity contribution in [3.63, 3.8) is 0 Å². The number of amides is 1. The highest BCUT2D eigenvalue weighted by Gasteiger charge is 2.35. The number of hydrogen-bond donors (Lipinski definition) is 1. The molecule has 0 saturated heterocycles. The maximum absolute atomic E-state index is 12.1. The van der Waals surface area contributed by atoms with Crippen molar-refractivity contribution in [1.82, 2.24) is 5.32 Å². The third kappa shape index (κ3) is 2.89. The molecule has 0 aliphatic heterocycles. The molecule has 1 aliphatic carbocycles. The minimum absolute atomic E-state index is 0.0805. The topological polar surface area (TPSA) is 52.9 Å². The largest absolute Gasteiger partial charge is 0.350 e. The molecule has 0 radical (unpaired) electrons. The molecule has 1 fully saturated rings. The van der Waals surface area contributed by atoms with E-state index in [4.69, 9.17) is 5.26 Å². The predicted molar refractivity (Wildman–Crippen MR) is 69.6 cm³/mol. The predicted octanol–water partition coefficient (Wildman–Crippen LogP) is 2.43. The number of hydrogen-bond acceptors (Lipinski definition) is 2. The van der Waals surface area contributed by atoms with E-state index in [-0.39, 0.29) is 11.4 Å². The molecule has 2 rings (SSSR count). The normalized spacial score (nSPS) is 18.2. The second kappa shape index (κ2) is 5.22. The Morgan fingerprint density at radius 2 is 2.11 bits per heavy atom. The zero-order chi connectivity index (χ0) is 13.0. The Morgan fingerprint density at radius 3 is 2.61 bits per heavy atom. The molecule has 1 aromatic rings. The van der Waals surface area contributed by atoms with Gasteiger partial charge in [0.25, 0.3) is 0 Å². The van der Waals surface area contributed by atoms with Gasteiger partial charge in [0.05, 0.1) is 6.07 Å². The number of nitrogens with zero attached hydrogens (tertiary/aromatic N) is 1. The smallest absolute Gasteiger partial charge is 0.238 e. The minimum atomic E-state index is -0.593. The van der Waals surface area contributed by atoms with Gasteiger partial charge in [-0.05, 0) is 38.2 Å². The fourth-order valence-electron chi connectivity index (χ4n) is 2.26. The Hall–Kier alpha value is -1.82. The van der Waals surface area contributed by atoms with Crippen LogP contribution in [0.2, 0.25) is 0 Å². The third-order valence-corrected chi connectivity index (χ3v) is 3.64. The number of nitriles is 1. The van der Waals surface area contributed by atoms with Gasteiger partial charge in [0.2, 0.25) is 5.91 Å². The van der Waals surface area contributed by atoms with E-state index in [2.05, 4.69) is 11.4 Å². The Labute approximate surface area is 108 Å². The molecule has 0 spiro atoms. The molecular weight excluding hydrogens is 224 g/mol. The first-order valence-corrected chi connectivity index (χ1v) is 6.38. The van der Waals surface area contributed by atoms with E-state index < -0.39 is 5.92 Å². The van der Waals surface area contributed by atoms with Gasteiger partial charge in [0.1, 0.15) is 5.92 Å². The maximum atomic E-state index is 12.1. The summed E-state index contributed by atoms with van der Waals surface area (Å²) in [5.74, 6) is -0.728. The quantitative estimate of drug-likeness (QED) is 0.881. The fourth-order valence-corrected chi connectivity index (χ4v) is 2.26. The van der Waals surface area contributed by atoms with Crippen molar-refractivity contribution in [3.8, 4) is 6.07 Å². The van der Waals surface area contributed by atoms with Crippen LogP contribution in [0.1, 0.15) is 31.7 Å². The lowest BCUT2D eigenvalue weighted by molar-refractivity contribution is -0.126. The summed E-state index contributed by atoms with van der Waals surface area (Å²) in [5, 5.41) is 12.1. The van der Waals surface area contributed by atoms with Gasteiger partial charge in [0, 0.05) is 5.54 Å². The zero-order valence-corrected chi connectivity index (χ0v) is 10.6. The molecule has 1 atom stereocenters. The van der Waals surface area contributed by atoms with E-state index in [0.29, 0.717) is 6.42 Å². The first-order valence-electron chi connectivity index (χ1n) is 6.38. The van der Waals surface area contributed by atoms with Gasteiger partial charge in [-0.2, -0.15) is 5.26 Å². The Balaban J connectivity index is 1.96. The molecule has 3 nitrogen and oxygen atoms in total. The van der Waals surface area contributed by atoms with E-state index in [1.54, 1.807) is 0 Å². The molecule has 1 amide bonds. The molecule has 0 bridgehead atoms. The molecule has 0 heterocycles. The average Bonchev–Trinajstić information content (AvgIpc) is 2.35. The summed E-state index contributed by atoms with van der Waals surface area (Å²) in [6, 6.07) is 11.8. The van der Waals surface area contributed by atoms with Crippen molar-refractivity contribution in [1.29, 1.82) is 5.26 Å². The van der Waals surface area contributed by atoms with Crippen LogP contribution in [-0.2, 0) is 11.2 Å². The second-order valence-electron chi connectivity index (χ2n) is 5.27. The van der Waals surface area contributed by atoms with Gasteiger partial charge in [-0.1, -0.05) is 30.3 Å². The standard InChI is InChI=1S/C15H18N2O/c1-15(8-5-9-15)17-14(18)13(11-16)10-12-6-3-2-4-7-12/h2-4,6-7,13H,5,8-10H2,1H3,(H,17,18). The van der Waals surface area contributed by atoms with Crippen molar-refractivity contribution in [2.24, 2.45) is 5.92 Å². The number of nitrogens with one attached hydrogen (secondary N) is 1. The molecule has 3 heteroatoms. The van der Waals surface area contributed by atoms with Crippen molar-refractivity contribution in [2.75, 3.05) is 0 Å². The summed E-state index contributed by atoms with van der Waals surface area (Å²) < 4.78 is 0. The number of rotatable bonds is 4. The molecule has 1 aromatic carbocycles. The highest BCUT2D eigenvalue weighted by molar-refractivity contribution is 5.82. The first-order chi connectivity index (χ1) is 8.63. The van der Waals surface area contributed by atoms with Crippen LogP contribution >= 0.6 is 0 Å². The van der Waals surface area contributed by atoms with Gasteiger partial charge in [-0.3, -0.25) is 4.79 Å². The third-order valence-electron chi connectivity index (χ3n) is 3.64. The minimum Gasteiger partial charge on any atom is -0.350 e. The lowest BCUT2D eigenvalue weighted by Gasteiger charge is -2.39. The Morgan fingerprint density at radius 1 is 1.44 bits per heavy atom. The van der Waals surface area contributed by atoms with Crippen molar-refractivity contribution < 1.29 is 4.79 Å². The van der Waals surface area contributed by atoms with E-state index >= 15 is 0 Å². The average molecular weight is 242 g/mol. The van der Waals surface area contributed by atoms with Crippen LogP contribution in [0, 0.1) is 17.2 Å². The number of carbonyl (C=O) groups excluding carboxylic acids is 1. The van der Waals surface area contributed by atoms with Crippen LogP contribution in [0.15, 0.2) is 30.3 Å². The summed E-state index contributed by atoms with van der Waals surface area (Å²) in [7, 11) is 0. The van der Waals surface area contributed by atoms with Crippen molar-refractivity contribution in [2.45, 2.75) is 38.1 Å². The molecule has 1 N–H and O–H groups in total. The molecule has 1 unspecified atom stereocenters. The molecule has 0 aromatic heterocycles. The number of carbonyl (C=O) groups is 1. The lowest BCUT2D eigenvalue weighted by Crippen LogP contribution is -2.52. The van der Waals surface area contributed by atoms with Gasteiger partial charge in [-0.15, -0.1) is 0 Å². The molecule has 1 saturated carbocycles. The zero-order valence-electron chi connectivity index (χ0n) is 10.6. The van der Waals surface area contributed by atoms with Gasteiger partial charge >= 0.3 is 0 Å². The maximum Gasteiger partial charge on any atom is 0.238 e. The summed E-state index contributed by atoms with van der Waals surface area (Å²) >= 11 is 0. The number of benzene rings is 1. The van der Waals surface area contributed by atoms with Crippen molar-refractivity contribution in [3.05, 3.63) is 35.9 Å². The molecule has 1 aliphatic rings. The first kappa shape index (κ1) is 12.6. The van der Waals surface area contributed by atoms with E-state index in [9.17, 15) is 4.79 Å². The molecule has 94 valence electrons.